The summed E-state index contributed by atoms with van der Waals surface area (Å²) >= 11 is 6.31. The zero-order chi connectivity index (χ0) is 18.0. The van der Waals surface area contributed by atoms with Crippen LogP contribution in [0.1, 0.15) is 19.3 Å². The largest absolute Gasteiger partial charge is 0.495 e. The average Bonchev–Trinajstić information content (AvgIpc) is 2.59. The van der Waals surface area contributed by atoms with Crippen molar-refractivity contribution >= 4 is 37.9 Å². The highest BCUT2D eigenvalue weighted by atomic mass is 35.5. The first-order valence-corrected chi connectivity index (χ1v) is 11.0. The number of nitrogens with zero attached hydrogens (tertiary/aromatic N) is 2. The number of hydrogen-bond donors (Lipinski definition) is 1. The Morgan fingerprint density at radius 2 is 2.12 bits per heavy atom. The molecule has 1 aromatic heterocycles. The molecule has 0 bridgehead atoms. The Morgan fingerprint density at radius 3 is 2.76 bits per heavy atom. The fraction of sp³-hybridized carbons (Fsp3) is 0.500. The first-order chi connectivity index (χ1) is 11.9. The normalized spacial score (nSPS) is 18.3. The maximum atomic E-state index is 11.6. The zero-order valence-corrected chi connectivity index (χ0v) is 16.2. The summed E-state index contributed by atoms with van der Waals surface area (Å²) < 4.78 is 24.4. The number of methoxy groups -OCH3 is 1. The molecule has 0 spiro atoms. The topological polar surface area (TPSA) is 66.3 Å². The van der Waals surface area contributed by atoms with E-state index in [-0.39, 0.29) is 0 Å². The Balaban J connectivity index is 1.76. The Hall–Kier alpha value is -1.53. The smallest absolute Gasteiger partial charge is 0.139 e. The van der Waals surface area contributed by atoms with Crippen molar-refractivity contribution in [1.82, 2.24) is 4.98 Å². The van der Waals surface area contributed by atoms with E-state index in [1.54, 1.807) is 7.11 Å². The number of piperidine rings is 1. The molecule has 136 valence electrons. The maximum absolute atomic E-state index is 11.6. The fourth-order valence-electron chi connectivity index (χ4n) is 3.42. The quantitative estimate of drug-likeness (QED) is 0.843. The Kier molecular flexibility index (Phi) is 5.39. The van der Waals surface area contributed by atoms with Crippen LogP contribution in [0.25, 0.3) is 10.9 Å². The lowest BCUT2D eigenvalue weighted by Crippen LogP contribution is -2.34. The molecular weight excluding hydrogens is 358 g/mol. The number of hydrogen-bond acceptors (Lipinski definition) is 5. The summed E-state index contributed by atoms with van der Waals surface area (Å²) in [5.41, 5.74) is 2.02. The van der Waals surface area contributed by atoms with Crippen molar-refractivity contribution in [1.29, 1.82) is 4.78 Å². The molecule has 2 heterocycles. The SMILES string of the molecule is COc1cc2nccc(N3CCC(CC[S@@](C)(=N)=O)CC3)c2cc1Cl. The molecule has 0 aliphatic carbocycles. The van der Waals surface area contributed by atoms with Crippen LogP contribution in [-0.4, -0.2) is 41.4 Å². The van der Waals surface area contributed by atoms with Gasteiger partial charge in [-0.1, -0.05) is 11.6 Å². The van der Waals surface area contributed by atoms with Gasteiger partial charge in [0.15, 0.2) is 0 Å². The minimum Gasteiger partial charge on any atom is -0.495 e. The molecule has 1 saturated heterocycles. The number of pyridine rings is 1. The highest BCUT2D eigenvalue weighted by molar-refractivity contribution is 7.91. The fourth-order valence-corrected chi connectivity index (χ4v) is 4.44. The molecule has 1 atom stereocenters. The molecule has 5 nitrogen and oxygen atoms in total. The third-order valence-corrected chi connectivity index (χ3v) is 6.17. The predicted octanol–water partition coefficient (Wildman–Crippen LogP) is 4.18. The molecule has 7 heteroatoms. The van der Waals surface area contributed by atoms with Crippen molar-refractivity contribution in [2.75, 3.05) is 37.1 Å². The Bertz CT molecular complexity index is 862. The number of benzene rings is 1. The molecule has 2 aromatic rings. The molecule has 1 fully saturated rings. The zero-order valence-electron chi connectivity index (χ0n) is 14.6. The van der Waals surface area contributed by atoms with Gasteiger partial charge in [-0.3, -0.25) is 14.0 Å². The van der Waals surface area contributed by atoms with E-state index in [4.69, 9.17) is 21.1 Å². The minimum atomic E-state index is -2.38. The van der Waals surface area contributed by atoms with Gasteiger partial charge in [0.05, 0.1) is 17.6 Å². The summed E-state index contributed by atoms with van der Waals surface area (Å²) in [6.07, 6.45) is 6.35. The molecule has 0 radical (unpaired) electrons. The van der Waals surface area contributed by atoms with Crippen LogP contribution in [0.4, 0.5) is 5.69 Å². The van der Waals surface area contributed by atoms with Gasteiger partial charge in [-0.15, -0.1) is 0 Å². The molecule has 1 N–H and O–H groups in total. The summed E-state index contributed by atoms with van der Waals surface area (Å²) in [5.74, 6) is 1.70. The number of aromatic nitrogens is 1. The summed E-state index contributed by atoms with van der Waals surface area (Å²) in [6, 6.07) is 5.84. The first-order valence-electron chi connectivity index (χ1n) is 8.46. The maximum Gasteiger partial charge on any atom is 0.139 e. The van der Waals surface area contributed by atoms with Crippen LogP contribution in [0.2, 0.25) is 5.02 Å². The average molecular weight is 382 g/mol. The number of nitrogens with one attached hydrogen (secondary N) is 1. The third kappa shape index (κ3) is 4.36. The van der Waals surface area contributed by atoms with Crippen LogP contribution in [0, 0.1) is 10.7 Å². The van der Waals surface area contributed by atoms with E-state index in [2.05, 4.69) is 9.88 Å². The van der Waals surface area contributed by atoms with Gasteiger partial charge < -0.3 is 9.64 Å². The van der Waals surface area contributed by atoms with E-state index in [9.17, 15) is 4.21 Å². The Morgan fingerprint density at radius 1 is 1.40 bits per heavy atom. The molecule has 0 amide bonds. The monoisotopic (exact) mass is 381 g/mol. The van der Waals surface area contributed by atoms with Gasteiger partial charge in [-0.05, 0) is 37.3 Å². The number of rotatable bonds is 5. The van der Waals surface area contributed by atoms with Crippen molar-refractivity contribution in [3.05, 3.63) is 29.4 Å². The third-order valence-electron chi connectivity index (χ3n) is 4.86. The van der Waals surface area contributed by atoms with Crippen LogP contribution in [0.15, 0.2) is 24.4 Å². The van der Waals surface area contributed by atoms with Crippen LogP contribution < -0.4 is 9.64 Å². The van der Waals surface area contributed by atoms with E-state index in [1.807, 2.05) is 24.4 Å². The first kappa shape index (κ1) is 18.3. The van der Waals surface area contributed by atoms with Crippen LogP contribution in [-0.2, 0) is 9.73 Å². The van der Waals surface area contributed by atoms with E-state index >= 15 is 0 Å². The molecule has 3 rings (SSSR count). The van der Waals surface area contributed by atoms with Crippen LogP contribution in [0.3, 0.4) is 0 Å². The molecule has 0 saturated carbocycles. The second kappa shape index (κ2) is 7.38. The second-order valence-electron chi connectivity index (χ2n) is 6.76. The molecule has 1 aliphatic rings. The van der Waals surface area contributed by atoms with Crippen molar-refractivity contribution in [2.45, 2.75) is 19.3 Å². The summed E-state index contributed by atoms with van der Waals surface area (Å²) in [6.45, 7) is 1.91. The lowest BCUT2D eigenvalue weighted by atomic mass is 9.94. The standard InChI is InChI=1S/C18H24ClN3O2S/c1-24-18-12-16-14(11-15(18)19)17(3-7-21-16)22-8-4-13(5-9-22)6-10-25(2,20)23/h3,7,11-13,20H,4-6,8-10H2,1-2H3/t25-/m0/s1. The van der Waals surface area contributed by atoms with Gasteiger partial charge >= 0.3 is 0 Å². The molecule has 0 unspecified atom stereocenters. The highest BCUT2D eigenvalue weighted by Crippen LogP contribution is 2.35. The van der Waals surface area contributed by atoms with Crippen molar-refractivity contribution in [2.24, 2.45) is 5.92 Å². The van der Waals surface area contributed by atoms with Crippen molar-refractivity contribution in [3.8, 4) is 5.75 Å². The van der Waals surface area contributed by atoms with Gasteiger partial charge in [0, 0.05) is 58.2 Å². The lowest BCUT2D eigenvalue weighted by molar-refractivity contribution is 0.396. The number of anilines is 1. The molecule has 1 aliphatic heterocycles. The van der Waals surface area contributed by atoms with Gasteiger partial charge in [-0.25, -0.2) is 0 Å². The van der Waals surface area contributed by atoms with E-state index in [0.29, 0.717) is 22.4 Å². The molecule has 25 heavy (non-hydrogen) atoms. The lowest BCUT2D eigenvalue weighted by Gasteiger charge is -2.34. The van der Waals surface area contributed by atoms with Crippen molar-refractivity contribution < 1.29 is 8.95 Å². The van der Waals surface area contributed by atoms with E-state index in [1.165, 1.54) is 6.26 Å². The van der Waals surface area contributed by atoms with Gasteiger partial charge in [0.1, 0.15) is 5.75 Å². The second-order valence-corrected chi connectivity index (χ2v) is 9.59. The predicted molar refractivity (Wildman–Crippen MR) is 105 cm³/mol. The van der Waals surface area contributed by atoms with Gasteiger partial charge in [0.2, 0.25) is 0 Å². The molecular formula is C18H24ClN3O2S. The number of ether oxygens (including phenoxy) is 1. The van der Waals surface area contributed by atoms with Gasteiger partial charge in [0.25, 0.3) is 0 Å². The number of fused-ring (bicyclic) bond motifs is 1. The molecule has 1 aromatic carbocycles. The summed E-state index contributed by atoms with van der Waals surface area (Å²) in [7, 11) is -0.773. The number of halogens is 1. The van der Waals surface area contributed by atoms with Gasteiger partial charge in [-0.2, -0.15) is 0 Å². The van der Waals surface area contributed by atoms with Crippen LogP contribution in [0.5, 0.6) is 5.75 Å². The van der Waals surface area contributed by atoms with E-state index < -0.39 is 9.73 Å². The Labute approximate surface area is 154 Å². The van der Waals surface area contributed by atoms with Crippen molar-refractivity contribution in [3.63, 3.8) is 0 Å². The summed E-state index contributed by atoms with van der Waals surface area (Å²) in [5, 5.41) is 1.63. The van der Waals surface area contributed by atoms with Crippen LogP contribution >= 0.6 is 11.6 Å². The van der Waals surface area contributed by atoms with E-state index in [0.717, 1.165) is 48.9 Å². The summed E-state index contributed by atoms with van der Waals surface area (Å²) in [4.78, 5) is 6.81. The highest BCUT2D eigenvalue weighted by Gasteiger charge is 2.21. The minimum absolute atomic E-state index is 0.505.